The second-order valence-electron chi connectivity index (χ2n) is 4.29. The number of halogens is 1. The van der Waals surface area contributed by atoms with Crippen molar-refractivity contribution in [2.45, 2.75) is 19.8 Å². The lowest BCUT2D eigenvalue weighted by Crippen LogP contribution is -2.38. The zero-order valence-electron chi connectivity index (χ0n) is 10.1. The van der Waals surface area contributed by atoms with Crippen molar-refractivity contribution in [3.05, 3.63) is 0 Å². The summed E-state index contributed by atoms with van der Waals surface area (Å²) in [7, 11) is 1.86. The van der Waals surface area contributed by atoms with Crippen LogP contribution in [0.2, 0.25) is 0 Å². The second kappa shape index (κ2) is 8.79. The van der Waals surface area contributed by atoms with Crippen LogP contribution in [0, 0.1) is 11.8 Å². The number of ether oxygens (including phenoxy) is 1. The van der Waals surface area contributed by atoms with Crippen LogP contribution < -0.4 is 10.6 Å². The van der Waals surface area contributed by atoms with Gasteiger partial charge in [0, 0.05) is 25.6 Å². The minimum atomic E-state index is 0. The number of nitrogens with one attached hydrogen (secondary N) is 2. The molecular weight excluding hydrogens is 228 g/mol. The monoisotopic (exact) mass is 250 g/mol. The van der Waals surface area contributed by atoms with Gasteiger partial charge in [-0.3, -0.25) is 4.79 Å². The average molecular weight is 251 g/mol. The Kier molecular flexibility index (Phi) is 8.61. The molecule has 0 aromatic carbocycles. The Labute approximate surface area is 104 Å². The normalized spacial score (nSPS) is 22.0. The Morgan fingerprint density at radius 2 is 2.31 bits per heavy atom. The fraction of sp³-hybridized carbons (Fsp3) is 0.909. The maximum atomic E-state index is 11.6. The molecule has 0 spiro atoms. The van der Waals surface area contributed by atoms with Gasteiger partial charge in [-0.2, -0.15) is 0 Å². The van der Waals surface area contributed by atoms with Crippen LogP contribution in [0.5, 0.6) is 0 Å². The fourth-order valence-corrected chi connectivity index (χ4v) is 1.79. The molecule has 4 nitrogen and oxygen atoms in total. The van der Waals surface area contributed by atoms with Gasteiger partial charge >= 0.3 is 0 Å². The number of carbonyl (C=O) groups is 1. The Morgan fingerprint density at radius 1 is 1.56 bits per heavy atom. The molecule has 1 rings (SSSR count). The van der Waals surface area contributed by atoms with Crippen LogP contribution in [0.1, 0.15) is 19.8 Å². The first-order chi connectivity index (χ1) is 7.24. The molecule has 2 unspecified atom stereocenters. The first kappa shape index (κ1) is 15.7. The van der Waals surface area contributed by atoms with Gasteiger partial charge in [-0.15, -0.1) is 12.4 Å². The van der Waals surface area contributed by atoms with E-state index in [0.29, 0.717) is 5.92 Å². The third-order valence-electron chi connectivity index (χ3n) is 2.78. The van der Waals surface area contributed by atoms with Crippen LogP contribution in [-0.2, 0) is 9.53 Å². The van der Waals surface area contributed by atoms with E-state index in [1.165, 1.54) is 6.42 Å². The van der Waals surface area contributed by atoms with Gasteiger partial charge in [0.2, 0.25) is 5.91 Å². The molecule has 1 saturated heterocycles. The summed E-state index contributed by atoms with van der Waals surface area (Å²) in [6.07, 6.45) is 2.29. The van der Waals surface area contributed by atoms with Crippen LogP contribution in [0.4, 0.5) is 0 Å². The largest absolute Gasteiger partial charge is 0.381 e. The highest BCUT2D eigenvalue weighted by Gasteiger charge is 2.16. The molecule has 0 aromatic rings. The van der Waals surface area contributed by atoms with Gasteiger partial charge in [0.1, 0.15) is 0 Å². The molecule has 0 aliphatic carbocycles. The molecule has 5 heteroatoms. The van der Waals surface area contributed by atoms with Gasteiger partial charge in [-0.05, 0) is 25.8 Å². The maximum Gasteiger partial charge on any atom is 0.224 e. The molecule has 1 aliphatic rings. The number of hydrogen-bond donors (Lipinski definition) is 2. The van der Waals surface area contributed by atoms with Crippen molar-refractivity contribution in [2.75, 3.05) is 33.4 Å². The Balaban J connectivity index is 0.00000225. The van der Waals surface area contributed by atoms with Crippen molar-refractivity contribution in [3.8, 4) is 0 Å². The van der Waals surface area contributed by atoms with Crippen LogP contribution in [0.15, 0.2) is 0 Å². The first-order valence-corrected chi connectivity index (χ1v) is 5.74. The minimum absolute atomic E-state index is 0. The van der Waals surface area contributed by atoms with Crippen LogP contribution >= 0.6 is 12.4 Å². The molecule has 1 fully saturated rings. The zero-order valence-corrected chi connectivity index (χ0v) is 10.9. The number of rotatable bonds is 5. The molecule has 0 saturated carbocycles. The first-order valence-electron chi connectivity index (χ1n) is 5.74. The topological polar surface area (TPSA) is 50.4 Å². The maximum absolute atomic E-state index is 11.6. The van der Waals surface area contributed by atoms with E-state index >= 15 is 0 Å². The Bertz CT molecular complexity index is 196. The lowest BCUT2D eigenvalue weighted by atomic mass is 10.0. The minimum Gasteiger partial charge on any atom is -0.381 e. The molecule has 0 radical (unpaired) electrons. The molecular formula is C11H23ClN2O2. The Hall–Kier alpha value is -0.320. The second-order valence-corrected chi connectivity index (χ2v) is 4.29. The molecule has 16 heavy (non-hydrogen) atoms. The number of carbonyl (C=O) groups excluding carboxylic acids is 1. The molecule has 1 heterocycles. The average Bonchev–Trinajstić information content (AvgIpc) is 2.27. The van der Waals surface area contributed by atoms with Crippen LogP contribution in [-0.4, -0.2) is 39.3 Å². The third-order valence-corrected chi connectivity index (χ3v) is 2.78. The summed E-state index contributed by atoms with van der Waals surface area (Å²) in [5, 5.41) is 5.98. The van der Waals surface area contributed by atoms with Gasteiger partial charge in [-0.1, -0.05) is 6.92 Å². The predicted molar refractivity (Wildman–Crippen MR) is 66.9 cm³/mol. The SMILES string of the molecule is CNCC(C)C(=O)NCC1CCCOC1.Cl. The van der Waals surface area contributed by atoms with Gasteiger partial charge < -0.3 is 15.4 Å². The van der Waals surface area contributed by atoms with E-state index in [-0.39, 0.29) is 24.2 Å². The molecule has 0 aromatic heterocycles. The highest BCUT2D eigenvalue weighted by Crippen LogP contribution is 2.12. The molecule has 96 valence electrons. The summed E-state index contributed by atoms with van der Waals surface area (Å²) < 4.78 is 5.36. The van der Waals surface area contributed by atoms with Gasteiger partial charge in [0.25, 0.3) is 0 Å². The summed E-state index contributed by atoms with van der Waals surface area (Å²) in [6.45, 7) is 5.09. The molecule has 2 atom stereocenters. The standard InChI is InChI=1S/C11H22N2O2.ClH/c1-9(6-12-2)11(14)13-7-10-4-3-5-15-8-10;/h9-10,12H,3-8H2,1-2H3,(H,13,14);1H. The molecule has 1 amide bonds. The van der Waals surface area contributed by atoms with Crippen molar-refractivity contribution < 1.29 is 9.53 Å². The highest BCUT2D eigenvalue weighted by molar-refractivity contribution is 5.85. The van der Waals surface area contributed by atoms with Crippen molar-refractivity contribution in [2.24, 2.45) is 11.8 Å². The molecule has 0 bridgehead atoms. The van der Waals surface area contributed by atoms with E-state index in [4.69, 9.17) is 4.74 Å². The third kappa shape index (κ3) is 5.68. The molecule has 1 aliphatic heterocycles. The van der Waals surface area contributed by atoms with E-state index in [1.807, 2.05) is 14.0 Å². The summed E-state index contributed by atoms with van der Waals surface area (Å²) in [4.78, 5) is 11.6. The summed E-state index contributed by atoms with van der Waals surface area (Å²) in [6, 6.07) is 0. The van der Waals surface area contributed by atoms with E-state index in [2.05, 4.69) is 10.6 Å². The van der Waals surface area contributed by atoms with E-state index in [9.17, 15) is 4.79 Å². The lowest BCUT2D eigenvalue weighted by Gasteiger charge is -2.23. The summed E-state index contributed by atoms with van der Waals surface area (Å²) in [5.41, 5.74) is 0. The fourth-order valence-electron chi connectivity index (χ4n) is 1.79. The summed E-state index contributed by atoms with van der Waals surface area (Å²) in [5.74, 6) is 0.680. The lowest BCUT2D eigenvalue weighted by molar-refractivity contribution is -0.124. The molecule has 2 N–H and O–H groups in total. The van der Waals surface area contributed by atoms with Crippen LogP contribution in [0.25, 0.3) is 0 Å². The van der Waals surface area contributed by atoms with E-state index < -0.39 is 0 Å². The summed E-state index contributed by atoms with van der Waals surface area (Å²) >= 11 is 0. The van der Waals surface area contributed by atoms with Crippen molar-refractivity contribution in [3.63, 3.8) is 0 Å². The van der Waals surface area contributed by atoms with Gasteiger partial charge in [0.15, 0.2) is 0 Å². The smallest absolute Gasteiger partial charge is 0.224 e. The number of amides is 1. The van der Waals surface area contributed by atoms with Crippen LogP contribution in [0.3, 0.4) is 0 Å². The van der Waals surface area contributed by atoms with Crippen molar-refractivity contribution >= 4 is 18.3 Å². The van der Waals surface area contributed by atoms with Crippen molar-refractivity contribution in [1.82, 2.24) is 10.6 Å². The number of hydrogen-bond acceptors (Lipinski definition) is 3. The van der Waals surface area contributed by atoms with E-state index in [1.54, 1.807) is 0 Å². The quantitative estimate of drug-likeness (QED) is 0.759. The van der Waals surface area contributed by atoms with Crippen molar-refractivity contribution in [1.29, 1.82) is 0 Å². The van der Waals surface area contributed by atoms with Gasteiger partial charge in [-0.25, -0.2) is 0 Å². The van der Waals surface area contributed by atoms with E-state index in [0.717, 1.165) is 32.7 Å². The highest BCUT2D eigenvalue weighted by atomic mass is 35.5. The zero-order chi connectivity index (χ0) is 11.1. The predicted octanol–water partition coefficient (Wildman–Crippen LogP) is 0.806. The Morgan fingerprint density at radius 3 is 2.88 bits per heavy atom. The van der Waals surface area contributed by atoms with Gasteiger partial charge in [0.05, 0.1) is 6.61 Å².